The van der Waals surface area contributed by atoms with Crippen molar-refractivity contribution < 1.29 is 21.5 Å². The van der Waals surface area contributed by atoms with Crippen molar-refractivity contribution in [2.24, 2.45) is 0 Å². The summed E-state index contributed by atoms with van der Waals surface area (Å²) in [5, 5.41) is 2.08. The average Bonchev–Trinajstić information content (AvgIpc) is 2.37. The third-order valence-corrected chi connectivity index (χ3v) is 3.77. The third-order valence-electron chi connectivity index (χ3n) is 2.57. The van der Waals surface area contributed by atoms with Crippen LogP contribution in [0.2, 0.25) is 5.02 Å². The van der Waals surface area contributed by atoms with Crippen LogP contribution in [0.1, 0.15) is 10.4 Å². The fourth-order valence-electron chi connectivity index (χ4n) is 1.65. The van der Waals surface area contributed by atoms with Gasteiger partial charge in [0, 0.05) is 0 Å². The van der Waals surface area contributed by atoms with Crippen LogP contribution in [-0.2, 0) is 10.2 Å². The molecule has 21 heavy (non-hydrogen) atoms. The van der Waals surface area contributed by atoms with Crippen LogP contribution in [0, 0.1) is 5.82 Å². The molecule has 2 aromatic rings. The minimum Gasteiger partial charge on any atom is -0.321 e. The minimum atomic E-state index is -4.99. The van der Waals surface area contributed by atoms with Gasteiger partial charge in [0.2, 0.25) is 0 Å². The number of hydrogen-bond donors (Lipinski definition) is 1. The summed E-state index contributed by atoms with van der Waals surface area (Å²) in [6.45, 7) is 0. The van der Waals surface area contributed by atoms with Gasteiger partial charge in [-0.25, -0.2) is 4.39 Å². The predicted octanol–water partition coefficient (Wildman–Crippen LogP) is 3.39. The molecule has 0 aliphatic rings. The molecule has 0 saturated carbocycles. The Morgan fingerprint density at radius 2 is 1.81 bits per heavy atom. The van der Waals surface area contributed by atoms with E-state index in [9.17, 15) is 21.5 Å². The van der Waals surface area contributed by atoms with E-state index in [0.717, 1.165) is 24.3 Å². The lowest BCUT2D eigenvalue weighted by atomic mass is 10.2. The molecule has 0 atom stereocenters. The number of para-hydroxylation sites is 1. The van der Waals surface area contributed by atoms with Gasteiger partial charge in [0.25, 0.3) is 5.91 Å². The van der Waals surface area contributed by atoms with Crippen LogP contribution in [-0.4, -0.2) is 14.3 Å². The van der Waals surface area contributed by atoms with Crippen molar-refractivity contribution in [2.45, 2.75) is 4.90 Å². The van der Waals surface area contributed by atoms with Crippen LogP contribution in [0.25, 0.3) is 0 Å². The van der Waals surface area contributed by atoms with E-state index in [-0.39, 0.29) is 16.3 Å². The van der Waals surface area contributed by atoms with Crippen LogP contribution in [0.3, 0.4) is 0 Å². The molecule has 0 bridgehead atoms. The van der Waals surface area contributed by atoms with E-state index in [0.29, 0.717) is 0 Å². The number of benzene rings is 2. The van der Waals surface area contributed by atoms with Gasteiger partial charge in [-0.2, -0.15) is 8.42 Å². The molecule has 0 radical (unpaired) electrons. The van der Waals surface area contributed by atoms with Crippen molar-refractivity contribution in [2.75, 3.05) is 5.32 Å². The molecular weight excluding hydrogens is 324 g/mol. The summed E-state index contributed by atoms with van der Waals surface area (Å²) in [5.74, 6) is -1.40. The standard InChI is InChI=1S/C13H8ClF2NO3S/c14-10-7-8(15)5-6-9(10)13(18)17-11-3-1-2-4-12(11)21(16,19)20/h1-7H,(H,17,18). The second-order valence-electron chi connectivity index (χ2n) is 4.01. The van der Waals surface area contributed by atoms with Crippen molar-refractivity contribution in [1.29, 1.82) is 0 Å². The Morgan fingerprint density at radius 3 is 2.43 bits per heavy atom. The van der Waals surface area contributed by atoms with E-state index in [1.54, 1.807) is 0 Å². The maximum Gasteiger partial charge on any atom is 0.334 e. The molecule has 2 aromatic carbocycles. The summed E-state index contributed by atoms with van der Waals surface area (Å²) in [5.41, 5.74) is -0.297. The Labute approximate surface area is 124 Å². The minimum absolute atomic E-state index is 0.0656. The molecule has 0 aliphatic carbocycles. The highest BCUT2D eigenvalue weighted by Gasteiger charge is 2.19. The molecular formula is C13H8ClF2NO3S. The van der Waals surface area contributed by atoms with Gasteiger partial charge in [-0.15, -0.1) is 3.89 Å². The van der Waals surface area contributed by atoms with Crippen molar-refractivity contribution >= 4 is 33.4 Å². The topological polar surface area (TPSA) is 63.2 Å². The Bertz CT molecular complexity index is 809. The van der Waals surface area contributed by atoms with E-state index in [1.807, 2.05) is 0 Å². The van der Waals surface area contributed by atoms with Crippen LogP contribution in [0.4, 0.5) is 14.0 Å². The maximum atomic E-state index is 13.1. The van der Waals surface area contributed by atoms with E-state index in [4.69, 9.17) is 11.6 Å². The summed E-state index contributed by atoms with van der Waals surface area (Å²) < 4.78 is 48.0. The van der Waals surface area contributed by atoms with Gasteiger partial charge < -0.3 is 5.32 Å². The third kappa shape index (κ3) is 3.56. The molecule has 0 aliphatic heterocycles. The van der Waals surface area contributed by atoms with Crippen molar-refractivity contribution in [3.63, 3.8) is 0 Å². The molecule has 0 heterocycles. The van der Waals surface area contributed by atoms with Crippen LogP contribution in [0.15, 0.2) is 47.4 Å². The van der Waals surface area contributed by atoms with Crippen LogP contribution < -0.4 is 5.32 Å². The lowest BCUT2D eigenvalue weighted by Gasteiger charge is -2.09. The summed E-state index contributed by atoms with van der Waals surface area (Å²) in [6, 6.07) is 8.08. The second-order valence-corrected chi connectivity index (χ2v) is 5.74. The van der Waals surface area contributed by atoms with Crippen LogP contribution in [0.5, 0.6) is 0 Å². The molecule has 0 spiro atoms. The molecule has 0 unspecified atom stereocenters. The molecule has 4 nitrogen and oxygen atoms in total. The molecule has 1 N–H and O–H groups in total. The lowest BCUT2D eigenvalue weighted by molar-refractivity contribution is 0.102. The fraction of sp³-hybridized carbons (Fsp3) is 0. The molecule has 0 fully saturated rings. The van der Waals surface area contributed by atoms with Crippen LogP contribution >= 0.6 is 11.6 Å². The predicted molar refractivity (Wildman–Crippen MR) is 74.1 cm³/mol. The van der Waals surface area contributed by atoms with E-state index in [2.05, 4.69) is 5.32 Å². The van der Waals surface area contributed by atoms with Gasteiger partial charge in [-0.3, -0.25) is 4.79 Å². The SMILES string of the molecule is O=C(Nc1ccccc1S(=O)(=O)F)c1ccc(F)cc1Cl. The number of carbonyl (C=O) groups is 1. The molecule has 110 valence electrons. The van der Waals surface area contributed by atoms with Gasteiger partial charge in [0.15, 0.2) is 0 Å². The van der Waals surface area contributed by atoms with Crippen molar-refractivity contribution in [3.05, 3.63) is 58.9 Å². The number of rotatable bonds is 3. The Balaban J connectivity index is 2.37. The molecule has 0 saturated heterocycles. The first-order chi connectivity index (χ1) is 9.79. The average molecular weight is 332 g/mol. The van der Waals surface area contributed by atoms with Crippen molar-refractivity contribution in [3.8, 4) is 0 Å². The summed E-state index contributed by atoms with van der Waals surface area (Å²) in [7, 11) is -4.99. The first-order valence-corrected chi connectivity index (χ1v) is 7.35. The lowest BCUT2D eigenvalue weighted by Crippen LogP contribution is -2.14. The normalized spacial score (nSPS) is 11.2. The Morgan fingerprint density at radius 1 is 1.14 bits per heavy atom. The fourth-order valence-corrected chi connectivity index (χ4v) is 2.52. The molecule has 0 aromatic heterocycles. The highest BCUT2D eigenvalue weighted by atomic mass is 35.5. The largest absolute Gasteiger partial charge is 0.334 e. The highest BCUT2D eigenvalue weighted by Crippen LogP contribution is 2.24. The van der Waals surface area contributed by atoms with E-state index in [1.165, 1.54) is 18.2 Å². The molecule has 1 amide bonds. The van der Waals surface area contributed by atoms with Gasteiger partial charge in [0.1, 0.15) is 10.7 Å². The molecule has 8 heteroatoms. The number of hydrogen-bond acceptors (Lipinski definition) is 3. The number of nitrogens with one attached hydrogen (secondary N) is 1. The highest BCUT2D eigenvalue weighted by molar-refractivity contribution is 7.86. The Hall–Kier alpha value is -1.99. The first-order valence-electron chi connectivity index (χ1n) is 5.59. The summed E-state index contributed by atoms with van der Waals surface area (Å²) >= 11 is 5.73. The smallest absolute Gasteiger partial charge is 0.321 e. The molecule has 2 rings (SSSR count). The zero-order valence-electron chi connectivity index (χ0n) is 10.3. The number of carbonyl (C=O) groups excluding carboxylic acids is 1. The van der Waals surface area contributed by atoms with Gasteiger partial charge in [-0.1, -0.05) is 23.7 Å². The van der Waals surface area contributed by atoms with E-state index < -0.39 is 26.8 Å². The monoisotopic (exact) mass is 331 g/mol. The van der Waals surface area contributed by atoms with Gasteiger partial charge in [-0.05, 0) is 30.3 Å². The quantitative estimate of drug-likeness (QED) is 0.877. The second kappa shape index (κ2) is 5.79. The maximum absolute atomic E-state index is 13.1. The zero-order chi connectivity index (χ0) is 15.6. The summed E-state index contributed by atoms with van der Waals surface area (Å²) in [4.78, 5) is 11.3. The number of amides is 1. The van der Waals surface area contributed by atoms with Crippen molar-refractivity contribution in [1.82, 2.24) is 0 Å². The van der Waals surface area contributed by atoms with Gasteiger partial charge in [0.05, 0.1) is 16.3 Å². The van der Waals surface area contributed by atoms with E-state index >= 15 is 0 Å². The zero-order valence-corrected chi connectivity index (χ0v) is 11.9. The number of anilines is 1. The Kier molecular flexibility index (Phi) is 4.24. The number of halogens is 3. The first kappa shape index (κ1) is 15.4. The summed E-state index contributed by atoms with van der Waals surface area (Å²) in [6.07, 6.45) is 0. The van der Waals surface area contributed by atoms with Gasteiger partial charge >= 0.3 is 10.2 Å².